The molecule has 0 aromatic rings. The molecule has 0 radical (unpaired) electrons. The number of hydrogen-bond donors (Lipinski definition) is 1. The van der Waals surface area contributed by atoms with Crippen molar-refractivity contribution in [2.45, 2.75) is 56.7 Å². The van der Waals surface area contributed by atoms with Gasteiger partial charge in [0.25, 0.3) is 0 Å². The van der Waals surface area contributed by atoms with E-state index in [9.17, 15) is 5.11 Å². The first-order chi connectivity index (χ1) is 9.31. The van der Waals surface area contributed by atoms with Gasteiger partial charge in [-0.3, -0.25) is 0 Å². The normalized spacial score (nSPS) is 38.7. The van der Waals surface area contributed by atoms with Crippen molar-refractivity contribution in [3.63, 3.8) is 0 Å². The molecule has 1 N–H and O–H groups in total. The zero-order chi connectivity index (χ0) is 13.1. The molecule has 3 atom stereocenters. The smallest absolute Gasteiger partial charge is 0.169 e. The third kappa shape index (κ3) is 3.11. The summed E-state index contributed by atoms with van der Waals surface area (Å²) in [7, 11) is 0. The van der Waals surface area contributed by atoms with Crippen LogP contribution in [0.15, 0.2) is 0 Å². The Kier molecular flexibility index (Phi) is 4.39. The van der Waals surface area contributed by atoms with Gasteiger partial charge in [0.05, 0.1) is 19.3 Å². The Hall–Kier alpha value is -0.200. The van der Waals surface area contributed by atoms with Gasteiger partial charge in [0.1, 0.15) is 0 Å². The van der Waals surface area contributed by atoms with Crippen molar-refractivity contribution < 1.29 is 24.1 Å². The minimum Gasteiger partial charge on any atom is -0.396 e. The Morgan fingerprint density at radius 2 is 1.95 bits per heavy atom. The van der Waals surface area contributed by atoms with Crippen molar-refractivity contribution in [1.29, 1.82) is 0 Å². The molecule has 0 aromatic heterocycles. The van der Waals surface area contributed by atoms with Gasteiger partial charge in [0, 0.05) is 32.0 Å². The first-order valence-corrected chi connectivity index (χ1v) is 7.47. The number of ether oxygens (including phenoxy) is 4. The molecule has 1 spiro atoms. The van der Waals surface area contributed by atoms with Crippen LogP contribution in [0.3, 0.4) is 0 Å². The van der Waals surface area contributed by atoms with Gasteiger partial charge in [-0.2, -0.15) is 0 Å². The van der Waals surface area contributed by atoms with Crippen LogP contribution < -0.4 is 0 Å². The molecule has 1 unspecified atom stereocenters. The van der Waals surface area contributed by atoms with Crippen LogP contribution in [0, 0.1) is 5.92 Å². The standard InChI is InChI=1S/C14H24O5/c15-10-11-9-14(17-7-8-18-14)5-4-12(11)19-13-3-1-2-6-16-13/h11-13,15H,1-10H2/t11-,12-,13?/m0/s1. The summed E-state index contributed by atoms with van der Waals surface area (Å²) in [6.45, 7) is 2.23. The molecule has 0 aromatic carbocycles. The molecule has 2 heterocycles. The minimum absolute atomic E-state index is 0.0616. The van der Waals surface area contributed by atoms with Gasteiger partial charge in [-0.15, -0.1) is 0 Å². The highest BCUT2D eigenvalue weighted by Crippen LogP contribution is 2.40. The summed E-state index contributed by atoms with van der Waals surface area (Å²) in [4.78, 5) is 0. The van der Waals surface area contributed by atoms with Crippen LogP contribution >= 0.6 is 0 Å². The van der Waals surface area contributed by atoms with Crippen molar-refractivity contribution in [3.05, 3.63) is 0 Å². The van der Waals surface area contributed by atoms with E-state index in [1.54, 1.807) is 0 Å². The van der Waals surface area contributed by atoms with E-state index < -0.39 is 5.79 Å². The Bertz CT molecular complexity index is 284. The third-order valence-electron chi connectivity index (χ3n) is 4.42. The zero-order valence-corrected chi connectivity index (χ0v) is 11.4. The third-order valence-corrected chi connectivity index (χ3v) is 4.42. The molecule has 5 nitrogen and oxygen atoms in total. The molecule has 0 amide bonds. The average Bonchev–Trinajstić information content (AvgIpc) is 2.90. The molecular weight excluding hydrogens is 248 g/mol. The molecule has 3 aliphatic rings. The monoisotopic (exact) mass is 272 g/mol. The van der Waals surface area contributed by atoms with Crippen LogP contribution in [0.25, 0.3) is 0 Å². The Morgan fingerprint density at radius 3 is 2.63 bits per heavy atom. The maximum Gasteiger partial charge on any atom is 0.169 e. The topological polar surface area (TPSA) is 57.2 Å². The van der Waals surface area contributed by atoms with E-state index in [0.29, 0.717) is 13.2 Å². The Balaban J connectivity index is 1.56. The molecule has 1 aliphatic carbocycles. The summed E-state index contributed by atoms with van der Waals surface area (Å²) in [5.41, 5.74) is 0. The highest BCUT2D eigenvalue weighted by atomic mass is 16.7. The predicted octanol–water partition coefficient (Wildman–Crippen LogP) is 1.43. The molecular formula is C14H24O5. The predicted molar refractivity (Wildman–Crippen MR) is 67.5 cm³/mol. The second kappa shape index (κ2) is 6.06. The summed E-state index contributed by atoms with van der Waals surface area (Å²) in [5, 5.41) is 9.60. The van der Waals surface area contributed by atoms with E-state index in [1.807, 2.05) is 0 Å². The van der Waals surface area contributed by atoms with Crippen LogP contribution in [0.4, 0.5) is 0 Å². The van der Waals surface area contributed by atoms with Gasteiger partial charge < -0.3 is 24.1 Å². The van der Waals surface area contributed by atoms with Crippen molar-refractivity contribution in [2.24, 2.45) is 5.92 Å². The van der Waals surface area contributed by atoms with E-state index >= 15 is 0 Å². The molecule has 5 heteroatoms. The lowest BCUT2D eigenvalue weighted by molar-refractivity contribution is -0.247. The molecule has 110 valence electrons. The molecule has 1 saturated carbocycles. The van der Waals surface area contributed by atoms with Gasteiger partial charge in [0.2, 0.25) is 0 Å². The first kappa shape index (κ1) is 13.8. The van der Waals surface area contributed by atoms with Crippen molar-refractivity contribution in [2.75, 3.05) is 26.4 Å². The highest BCUT2D eigenvalue weighted by Gasteiger charge is 2.45. The fraction of sp³-hybridized carbons (Fsp3) is 1.00. The molecule has 2 saturated heterocycles. The van der Waals surface area contributed by atoms with Gasteiger partial charge in [-0.05, 0) is 25.7 Å². The SMILES string of the molecule is OC[C@@H]1CC2(CC[C@@H]1OC1CCCCO1)OCCO2. The second-order valence-electron chi connectivity index (χ2n) is 5.76. The molecule has 2 aliphatic heterocycles. The van der Waals surface area contributed by atoms with Gasteiger partial charge in [-0.25, -0.2) is 0 Å². The van der Waals surface area contributed by atoms with Gasteiger partial charge in [0.15, 0.2) is 12.1 Å². The van der Waals surface area contributed by atoms with Crippen molar-refractivity contribution in [3.8, 4) is 0 Å². The van der Waals surface area contributed by atoms with E-state index in [0.717, 1.165) is 45.1 Å². The lowest BCUT2D eigenvalue weighted by atomic mass is 9.82. The van der Waals surface area contributed by atoms with E-state index in [4.69, 9.17) is 18.9 Å². The largest absolute Gasteiger partial charge is 0.396 e. The van der Waals surface area contributed by atoms with E-state index in [2.05, 4.69) is 0 Å². The summed E-state index contributed by atoms with van der Waals surface area (Å²) in [5.74, 6) is -0.377. The fourth-order valence-electron chi connectivity index (χ4n) is 3.36. The van der Waals surface area contributed by atoms with Crippen LogP contribution in [0.2, 0.25) is 0 Å². The summed E-state index contributed by atoms with van der Waals surface area (Å²) >= 11 is 0. The van der Waals surface area contributed by atoms with E-state index in [1.165, 1.54) is 0 Å². The number of aliphatic hydroxyl groups excluding tert-OH is 1. The first-order valence-electron chi connectivity index (χ1n) is 7.47. The van der Waals surface area contributed by atoms with Crippen molar-refractivity contribution >= 4 is 0 Å². The Morgan fingerprint density at radius 1 is 1.11 bits per heavy atom. The van der Waals surface area contributed by atoms with Crippen LogP contribution in [-0.4, -0.2) is 49.7 Å². The van der Waals surface area contributed by atoms with Crippen LogP contribution in [0.5, 0.6) is 0 Å². The average molecular weight is 272 g/mol. The van der Waals surface area contributed by atoms with Gasteiger partial charge >= 0.3 is 0 Å². The lowest BCUT2D eigenvalue weighted by Crippen LogP contribution is -2.46. The van der Waals surface area contributed by atoms with Gasteiger partial charge in [-0.1, -0.05) is 0 Å². The zero-order valence-electron chi connectivity index (χ0n) is 11.4. The molecule has 3 rings (SSSR count). The number of rotatable bonds is 3. The lowest BCUT2D eigenvalue weighted by Gasteiger charge is -2.41. The molecule has 3 fully saturated rings. The summed E-state index contributed by atoms with van der Waals surface area (Å²) in [6.07, 6.45) is 5.66. The Labute approximate surface area is 114 Å². The minimum atomic E-state index is -0.458. The maximum atomic E-state index is 9.60. The van der Waals surface area contributed by atoms with Crippen LogP contribution in [0.1, 0.15) is 38.5 Å². The molecule has 19 heavy (non-hydrogen) atoms. The number of hydrogen-bond acceptors (Lipinski definition) is 5. The number of aliphatic hydroxyl groups is 1. The summed E-state index contributed by atoms with van der Waals surface area (Å²) < 4.78 is 23.1. The van der Waals surface area contributed by atoms with E-state index in [-0.39, 0.29) is 24.9 Å². The second-order valence-corrected chi connectivity index (χ2v) is 5.76. The highest BCUT2D eigenvalue weighted by molar-refractivity contribution is 4.88. The fourth-order valence-corrected chi connectivity index (χ4v) is 3.36. The summed E-state index contributed by atoms with van der Waals surface area (Å²) in [6, 6.07) is 0. The quantitative estimate of drug-likeness (QED) is 0.842. The van der Waals surface area contributed by atoms with Crippen molar-refractivity contribution in [1.82, 2.24) is 0 Å². The maximum absolute atomic E-state index is 9.60. The molecule has 0 bridgehead atoms. The van der Waals surface area contributed by atoms with Crippen LogP contribution in [-0.2, 0) is 18.9 Å².